The Labute approximate surface area is 95.9 Å². The summed E-state index contributed by atoms with van der Waals surface area (Å²) in [4.78, 5) is 0. The molecular formula is C11H13F3O3. The third-order valence-electron chi connectivity index (χ3n) is 4.15. The van der Waals surface area contributed by atoms with Crippen molar-refractivity contribution in [3.8, 4) is 0 Å². The molecule has 6 heteroatoms. The maximum Gasteiger partial charge on any atom is 0.443 e. The van der Waals surface area contributed by atoms with Gasteiger partial charge in [0.15, 0.2) is 0 Å². The van der Waals surface area contributed by atoms with E-state index in [1.54, 1.807) is 0 Å². The normalized spacial score (nSPS) is 52.9. The summed E-state index contributed by atoms with van der Waals surface area (Å²) in [5.74, 6) is -3.55. The lowest BCUT2D eigenvalue weighted by Gasteiger charge is -2.45. The Bertz CT molecular complexity index is 367. The lowest BCUT2D eigenvalue weighted by molar-refractivity contribution is -0.406. The molecular weight excluding hydrogens is 237 g/mol. The van der Waals surface area contributed by atoms with Gasteiger partial charge in [-0.05, 0) is 12.3 Å². The Balaban J connectivity index is 1.90. The number of ether oxygens (including phenoxy) is 1. The molecule has 2 fully saturated rings. The van der Waals surface area contributed by atoms with Gasteiger partial charge in [-0.2, -0.15) is 13.2 Å². The van der Waals surface area contributed by atoms with Gasteiger partial charge in [0.05, 0.1) is 12.2 Å². The summed E-state index contributed by atoms with van der Waals surface area (Å²) in [7, 11) is 0. The highest BCUT2D eigenvalue weighted by Gasteiger charge is 2.65. The zero-order valence-electron chi connectivity index (χ0n) is 8.89. The fourth-order valence-electron chi connectivity index (χ4n) is 3.36. The smallest absolute Gasteiger partial charge is 0.392 e. The highest BCUT2D eigenvalue weighted by molar-refractivity contribution is 5.17. The van der Waals surface area contributed by atoms with Gasteiger partial charge in [0.1, 0.15) is 0 Å². The molecule has 0 radical (unpaired) electrons. The van der Waals surface area contributed by atoms with Crippen LogP contribution in [0.3, 0.4) is 0 Å². The predicted molar refractivity (Wildman–Crippen MR) is 50.7 cm³/mol. The standard InChI is InChI=1S/C11H13F3O3/c12-11(13,14)10(16)4-7(15)8-5-1-2-6(3-5)9(8)17-10/h1-2,5-9,15-16H,3-4H2/t5?,6?,7?,8?,9?,10-/m1/s1. The van der Waals surface area contributed by atoms with E-state index < -0.39 is 30.6 Å². The van der Waals surface area contributed by atoms with Crippen LogP contribution in [0.5, 0.6) is 0 Å². The van der Waals surface area contributed by atoms with Crippen LogP contribution < -0.4 is 0 Å². The first-order valence-corrected chi connectivity index (χ1v) is 5.65. The highest BCUT2D eigenvalue weighted by atomic mass is 19.4. The summed E-state index contributed by atoms with van der Waals surface area (Å²) in [6.07, 6.45) is -3.10. The number of aliphatic hydroxyl groups excluding tert-OH is 1. The van der Waals surface area contributed by atoms with E-state index in [1.807, 2.05) is 12.2 Å². The summed E-state index contributed by atoms with van der Waals surface area (Å²) in [5, 5.41) is 19.3. The molecule has 6 atom stereocenters. The molecule has 17 heavy (non-hydrogen) atoms. The molecule has 1 saturated heterocycles. The van der Waals surface area contributed by atoms with Gasteiger partial charge in [-0.1, -0.05) is 12.2 Å². The highest BCUT2D eigenvalue weighted by Crippen LogP contribution is 2.54. The zero-order chi connectivity index (χ0) is 12.4. The third-order valence-corrected chi connectivity index (χ3v) is 4.15. The van der Waals surface area contributed by atoms with Crippen molar-refractivity contribution in [1.29, 1.82) is 0 Å². The van der Waals surface area contributed by atoms with Gasteiger partial charge in [0, 0.05) is 18.3 Å². The van der Waals surface area contributed by atoms with Gasteiger partial charge in [-0.3, -0.25) is 0 Å². The zero-order valence-corrected chi connectivity index (χ0v) is 8.89. The molecule has 0 aromatic heterocycles. The van der Waals surface area contributed by atoms with Crippen molar-refractivity contribution in [1.82, 2.24) is 0 Å². The molecule has 1 heterocycles. The van der Waals surface area contributed by atoms with E-state index in [2.05, 4.69) is 0 Å². The molecule has 3 aliphatic rings. The topological polar surface area (TPSA) is 49.7 Å². The fraction of sp³-hybridized carbons (Fsp3) is 0.818. The van der Waals surface area contributed by atoms with Crippen molar-refractivity contribution < 1.29 is 28.1 Å². The molecule has 3 rings (SSSR count). The van der Waals surface area contributed by atoms with Gasteiger partial charge in [0.25, 0.3) is 5.79 Å². The number of fused-ring (bicyclic) bond motifs is 5. The summed E-state index contributed by atoms with van der Waals surface area (Å²) in [6.45, 7) is 0. The summed E-state index contributed by atoms with van der Waals surface area (Å²) < 4.78 is 43.0. The van der Waals surface area contributed by atoms with E-state index in [0.29, 0.717) is 6.42 Å². The van der Waals surface area contributed by atoms with Crippen LogP contribution in [0.4, 0.5) is 13.2 Å². The summed E-state index contributed by atoms with van der Waals surface area (Å²) in [6, 6.07) is 0. The van der Waals surface area contributed by atoms with Gasteiger partial charge >= 0.3 is 6.18 Å². The second kappa shape index (κ2) is 3.24. The SMILES string of the molecule is OC1C[C@](O)(C(F)(F)F)OC2C3C=CC(C3)C12. The molecule has 0 aromatic carbocycles. The van der Waals surface area contributed by atoms with E-state index in [9.17, 15) is 23.4 Å². The van der Waals surface area contributed by atoms with E-state index in [0.717, 1.165) is 0 Å². The van der Waals surface area contributed by atoms with E-state index in [1.165, 1.54) is 0 Å². The van der Waals surface area contributed by atoms with Crippen LogP contribution >= 0.6 is 0 Å². The predicted octanol–water partition coefficient (Wildman–Crippen LogP) is 1.21. The van der Waals surface area contributed by atoms with E-state index >= 15 is 0 Å². The summed E-state index contributed by atoms with van der Waals surface area (Å²) >= 11 is 0. The van der Waals surface area contributed by atoms with Gasteiger partial charge in [-0.15, -0.1) is 0 Å². The Morgan fingerprint density at radius 1 is 1.24 bits per heavy atom. The molecule has 3 nitrogen and oxygen atoms in total. The van der Waals surface area contributed by atoms with Crippen LogP contribution in [0.1, 0.15) is 12.8 Å². The molecule has 2 N–H and O–H groups in total. The number of hydrogen-bond donors (Lipinski definition) is 2. The number of aliphatic hydroxyl groups is 2. The third kappa shape index (κ3) is 1.47. The molecule has 2 aliphatic carbocycles. The molecule has 96 valence electrons. The lowest BCUT2D eigenvalue weighted by Crippen LogP contribution is -2.59. The maximum absolute atomic E-state index is 12.7. The van der Waals surface area contributed by atoms with Crippen molar-refractivity contribution in [2.75, 3.05) is 0 Å². The Morgan fingerprint density at radius 2 is 1.88 bits per heavy atom. The number of halogens is 3. The molecule has 2 bridgehead atoms. The van der Waals surface area contributed by atoms with Crippen molar-refractivity contribution >= 4 is 0 Å². The number of allylic oxidation sites excluding steroid dienone is 1. The minimum Gasteiger partial charge on any atom is -0.392 e. The molecule has 0 aromatic rings. The Morgan fingerprint density at radius 3 is 2.53 bits per heavy atom. The summed E-state index contributed by atoms with van der Waals surface area (Å²) in [5.41, 5.74) is 0. The van der Waals surface area contributed by atoms with Gasteiger partial charge < -0.3 is 14.9 Å². The first kappa shape index (κ1) is 11.5. The van der Waals surface area contributed by atoms with Crippen molar-refractivity contribution in [2.45, 2.75) is 37.0 Å². The van der Waals surface area contributed by atoms with Crippen LogP contribution in [0.15, 0.2) is 12.2 Å². The Hall–Kier alpha value is -0.590. The number of hydrogen-bond acceptors (Lipinski definition) is 3. The minimum absolute atomic E-state index is 0.0813. The largest absolute Gasteiger partial charge is 0.443 e. The first-order valence-electron chi connectivity index (χ1n) is 5.65. The molecule has 0 spiro atoms. The number of alkyl halides is 3. The average Bonchev–Trinajstić information content (AvgIpc) is 2.75. The van der Waals surface area contributed by atoms with Crippen molar-refractivity contribution in [2.24, 2.45) is 17.8 Å². The van der Waals surface area contributed by atoms with Crippen LogP contribution in [0.2, 0.25) is 0 Å². The number of rotatable bonds is 0. The second-order valence-electron chi connectivity index (χ2n) is 5.16. The molecule has 5 unspecified atom stereocenters. The van der Waals surface area contributed by atoms with Gasteiger partial charge in [0.2, 0.25) is 0 Å². The first-order chi connectivity index (χ1) is 7.82. The van der Waals surface area contributed by atoms with Crippen LogP contribution in [-0.2, 0) is 4.74 Å². The van der Waals surface area contributed by atoms with E-state index in [4.69, 9.17) is 4.74 Å². The maximum atomic E-state index is 12.7. The average molecular weight is 250 g/mol. The van der Waals surface area contributed by atoms with Crippen LogP contribution in [-0.4, -0.2) is 34.4 Å². The quantitative estimate of drug-likeness (QED) is 0.635. The van der Waals surface area contributed by atoms with Crippen LogP contribution in [0.25, 0.3) is 0 Å². The molecule has 1 aliphatic heterocycles. The monoisotopic (exact) mass is 250 g/mol. The Kier molecular flexibility index (Phi) is 2.19. The lowest BCUT2D eigenvalue weighted by atomic mass is 9.80. The van der Waals surface area contributed by atoms with Crippen molar-refractivity contribution in [3.05, 3.63) is 12.2 Å². The fourth-order valence-corrected chi connectivity index (χ4v) is 3.36. The molecule has 0 amide bonds. The van der Waals surface area contributed by atoms with Crippen LogP contribution in [0, 0.1) is 17.8 Å². The second-order valence-corrected chi connectivity index (χ2v) is 5.16. The minimum atomic E-state index is -4.87. The van der Waals surface area contributed by atoms with Crippen molar-refractivity contribution in [3.63, 3.8) is 0 Å². The molecule has 1 saturated carbocycles. The van der Waals surface area contributed by atoms with E-state index in [-0.39, 0.29) is 17.8 Å². The van der Waals surface area contributed by atoms with Gasteiger partial charge in [-0.25, -0.2) is 0 Å².